The lowest BCUT2D eigenvalue weighted by Gasteiger charge is -2.33. The van der Waals surface area contributed by atoms with Crippen LogP contribution in [0.4, 0.5) is 5.82 Å². The minimum Gasteiger partial charge on any atom is -0.393 e. The van der Waals surface area contributed by atoms with E-state index in [4.69, 9.17) is 11.6 Å². The van der Waals surface area contributed by atoms with Gasteiger partial charge >= 0.3 is 0 Å². The number of halogens is 1. The van der Waals surface area contributed by atoms with Gasteiger partial charge in [-0.25, -0.2) is 4.98 Å². The molecule has 1 aromatic rings. The molecule has 2 aliphatic carbocycles. The molecule has 1 N–H and O–H groups in total. The Bertz CT molecular complexity index is 588. The summed E-state index contributed by atoms with van der Waals surface area (Å²) in [6.07, 6.45) is 6.43. The van der Waals surface area contributed by atoms with Crippen LogP contribution in [0.25, 0.3) is 0 Å². The van der Waals surface area contributed by atoms with Crippen LogP contribution in [0.1, 0.15) is 44.1 Å². The van der Waals surface area contributed by atoms with Crippen LogP contribution in [-0.4, -0.2) is 33.1 Å². The molecule has 2 fully saturated rings. The Morgan fingerprint density at radius 1 is 1.40 bits per heavy atom. The van der Waals surface area contributed by atoms with Gasteiger partial charge in [0.2, 0.25) is 11.2 Å². The number of rotatable bonds is 1. The first-order chi connectivity index (χ1) is 9.62. The van der Waals surface area contributed by atoms with Gasteiger partial charge in [0, 0.05) is 17.8 Å². The van der Waals surface area contributed by atoms with Crippen molar-refractivity contribution in [3.8, 4) is 0 Å². The van der Waals surface area contributed by atoms with E-state index in [0.29, 0.717) is 12.2 Å². The summed E-state index contributed by atoms with van der Waals surface area (Å²) in [6, 6.07) is 0.0379. The number of anilines is 1. The smallest absolute Gasteiger partial charge is 0.239 e. The third-order valence-corrected chi connectivity index (χ3v) is 5.03. The van der Waals surface area contributed by atoms with Gasteiger partial charge in [0.1, 0.15) is 5.82 Å². The number of nitrogens with zero attached hydrogens (tertiary/aromatic N) is 3. The second-order valence-corrected chi connectivity index (χ2v) is 6.45. The lowest BCUT2D eigenvalue weighted by molar-refractivity contribution is -0.121. The van der Waals surface area contributed by atoms with E-state index in [0.717, 1.165) is 37.7 Å². The topological polar surface area (TPSA) is 66.3 Å². The minimum absolute atomic E-state index is 0.0379. The van der Waals surface area contributed by atoms with Crippen LogP contribution >= 0.6 is 11.6 Å². The first-order valence-corrected chi connectivity index (χ1v) is 7.54. The van der Waals surface area contributed by atoms with Crippen LogP contribution in [0.15, 0.2) is 6.20 Å². The van der Waals surface area contributed by atoms with Crippen molar-refractivity contribution in [2.45, 2.75) is 56.1 Å². The van der Waals surface area contributed by atoms with Crippen LogP contribution in [0.5, 0.6) is 0 Å². The average Bonchev–Trinajstić information content (AvgIpc) is 3.16. The van der Waals surface area contributed by atoms with Crippen molar-refractivity contribution in [1.29, 1.82) is 0 Å². The van der Waals surface area contributed by atoms with Gasteiger partial charge in [-0.3, -0.25) is 9.69 Å². The Morgan fingerprint density at radius 2 is 2.20 bits per heavy atom. The van der Waals surface area contributed by atoms with Crippen LogP contribution in [0, 0.1) is 0 Å². The molecule has 2 saturated carbocycles. The van der Waals surface area contributed by atoms with Crippen molar-refractivity contribution < 1.29 is 9.90 Å². The SMILES string of the molecule is O=C1N([C@@H]2CCC[C@@H](O)C2)c2nc(Cl)ncc2C12CC2. The van der Waals surface area contributed by atoms with Gasteiger partial charge in [0.05, 0.1) is 11.5 Å². The summed E-state index contributed by atoms with van der Waals surface area (Å²) in [6.45, 7) is 0. The molecule has 4 rings (SSSR count). The molecule has 5 nitrogen and oxygen atoms in total. The second-order valence-electron chi connectivity index (χ2n) is 6.11. The first kappa shape index (κ1) is 12.5. The van der Waals surface area contributed by atoms with Crippen molar-refractivity contribution >= 4 is 23.3 Å². The molecule has 20 heavy (non-hydrogen) atoms. The quantitative estimate of drug-likeness (QED) is 0.802. The Balaban J connectivity index is 1.77. The molecule has 0 bridgehead atoms. The van der Waals surface area contributed by atoms with Gasteiger partial charge in [0.15, 0.2) is 0 Å². The van der Waals surface area contributed by atoms with Crippen molar-refractivity contribution in [3.63, 3.8) is 0 Å². The molecular weight excluding hydrogens is 278 g/mol. The lowest BCUT2D eigenvalue weighted by Crippen LogP contribution is -2.44. The van der Waals surface area contributed by atoms with Crippen molar-refractivity contribution in [2.24, 2.45) is 0 Å². The number of aliphatic hydroxyl groups excluding tert-OH is 1. The molecule has 0 radical (unpaired) electrons. The lowest BCUT2D eigenvalue weighted by atomic mass is 9.92. The highest BCUT2D eigenvalue weighted by Crippen LogP contribution is 2.57. The van der Waals surface area contributed by atoms with E-state index in [1.54, 1.807) is 11.1 Å². The molecule has 6 heteroatoms. The number of carbonyl (C=O) groups is 1. The number of aromatic nitrogens is 2. The predicted octanol–water partition coefficient (Wildman–Crippen LogP) is 1.81. The van der Waals surface area contributed by atoms with E-state index in [2.05, 4.69) is 9.97 Å². The number of aliphatic hydroxyl groups is 1. The van der Waals surface area contributed by atoms with Crippen molar-refractivity contribution in [1.82, 2.24) is 9.97 Å². The molecule has 0 unspecified atom stereocenters. The second kappa shape index (κ2) is 4.15. The van der Waals surface area contributed by atoms with E-state index in [-0.39, 0.29) is 28.8 Å². The van der Waals surface area contributed by atoms with Crippen LogP contribution in [0.3, 0.4) is 0 Å². The summed E-state index contributed by atoms with van der Waals surface area (Å²) in [5.74, 6) is 0.801. The number of amides is 1. The predicted molar refractivity (Wildman–Crippen MR) is 73.7 cm³/mol. The molecule has 1 spiro atoms. The molecule has 1 aromatic heterocycles. The van der Waals surface area contributed by atoms with E-state index in [1.165, 1.54) is 0 Å². The number of carbonyl (C=O) groups excluding carboxylic acids is 1. The van der Waals surface area contributed by atoms with Gasteiger partial charge in [-0.15, -0.1) is 0 Å². The molecular formula is C14H16ClN3O2. The third kappa shape index (κ3) is 1.63. The first-order valence-electron chi connectivity index (χ1n) is 7.16. The van der Waals surface area contributed by atoms with E-state index < -0.39 is 0 Å². The maximum absolute atomic E-state index is 12.8. The van der Waals surface area contributed by atoms with Gasteiger partial charge in [-0.05, 0) is 50.1 Å². The van der Waals surface area contributed by atoms with E-state index >= 15 is 0 Å². The van der Waals surface area contributed by atoms with Crippen LogP contribution in [0.2, 0.25) is 5.28 Å². The largest absolute Gasteiger partial charge is 0.393 e. The highest BCUT2D eigenvalue weighted by molar-refractivity contribution is 6.28. The maximum Gasteiger partial charge on any atom is 0.239 e. The summed E-state index contributed by atoms with van der Waals surface area (Å²) >= 11 is 5.91. The van der Waals surface area contributed by atoms with E-state index in [9.17, 15) is 9.90 Å². The Morgan fingerprint density at radius 3 is 2.90 bits per heavy atom. The number of hydrogen-bond acceptors (Lipinski definition) is 4. The van der Waals surface area contributed by atoms with Gasteiger partial charge in [-0.2, -0.15) is 4.98 Å². The Kier molecular flexibility index (Phi) is 2.60. The minimum atomic E-state index is -0.387. The van der Waals surface area contributed by atoms with Gasteiger partial charge < -0.3 is 5.11 Å². The molecule has 2 atom stereocenters. The maximum atomic E-state index is 12.8. The molecule has 0 aromatic carbocycles. The fourth-order valence-electron chi connectivity index (χ4n) is 3.64. The van der Waals surface area contributed by atoms with Crippen LogP contribution in [-0.2, 0) is 10.2 Å². The fraction of sp³-hybridized carbons (Fsp3) is 0.643. The van der Waals surface area contributed by atoms with Crippen molar-refractivity contribution in [2.75, 3.05) is 4.90 Å². The molecule has 1 aliphatic heterocycles. The average molecular weight is 294 g/mol. The highest BCUT2D eigenvalue weighted by atomic mass is 35.5. The molecule has 2 heterocycles. The summed E-state index contributed by atoms with van der Waals surface area (Å²) in [7, 11) is 0. The fourth-order valence-corrected chi connectivity index (χ4v) is 3.76. The zero-order chi connectivity index (χ0) is 13.9. The standard InChI is InChI=1S/C14H16ClN3O2/c15-13-16-7-10-11(17-13)18(12(20)14(10)4-5-14)8-2-1-3-9(19)6-8/h7-9,19H,1-6H2/t8-,9-/m1/s1. The summed E-state index contributed by atoms with van der Waals surface area (Å²) in [5.41, 5.74) is 0.537. The Labute approximate surface area is 122 Å². The van der Waals surface area contributed by atoms with E-state index in [1.807, 2.05) is 0 Å². The zero-order valence-corrected chi connectivity index (χ0v) is 11.8. The molecule has 3 aliphatic rings. The van der Waals surface area contributed by atoms with Crippen LogP contribution < -0.4 is 4.90 Å². The van der Waals surface area contributed by atoms with Crippen molar-refractivity contribution in [3.05, 3.63) is 17.0 Å². The highest BCUT2D eigenvalue weighted by Gasteiger charge is 2.61. The number of fused-ring (bicyclic) bond motifs is 2. The third-order valence-electron chi connectivity index (χ3n) is 4.85. The normalized spacial score (nSPS) is 30.7. The van der Waals surface area contributed by atoms with Gasteiger partial charge in [0.25, 0.3) is 0 Å². The summed E-state index contributed by atoms with van der Waals surface area (Å²) < 4.78 is 0. The summed E-state index contributed by atoms with van der Waals surface area (Å²) in [5, 5.41) is 10.1. The molecule has 106 valence electrons. The zero-order valence-electron chi connectivity index (χ0n) is 11.0. The monoisotopic (exact) mass is 293 g/mol. The Hall–Kier alpha value is -1.20. The molecule has 1 amide bonds. The van der Waals surface area contributed by atoms with Gasteiger partial charge in [-0.1, -0.05) is 0 Å². The molecule has 0 saturated heterocycles. The number of hydrogen-bond donors (Lipinski definition) is 1. The summed E-state index contributed by atoms with van der Waals surface area (Å²) in [4.78, 5) is 22.9.